The number of thiophene rings is 1. The maximum atomic E-state index is 6.00. The molecular weight excluding hydrogens is 256 g/mol. The SMILES string of the molecule is CC(C)N(Cc1nc(N)c2ccsc2n1)CC1CC1. The van der Waals surface area contributed by atoms with Crippen LogP contribution in [-0.2, 0) is 6.54 Å². The lowest BCUT2D eigenvalue weighted by molar-refractivity contribution is 0.199. The molecule has 2 aromatic heterocycles. The molecule has 19 heavy (non-hydrogen) atoms. The zero-order valence-corrected chi connectivity index (χ0v) is 12.3. The molecular formula is C14H20N4S. The van der Waals surface area contributed by atoms with Crippen molar-refractivity contribution in [3.05, 3.63) is 17.3 Å². The highest BCUT2D eigenvalue weighted by atomic mass is 32.1. The minimum Gasteiger partial charge on any atom is -0.383 e. The highest BCUT2D eigenvalue weighted by molar-refractivity contribution is 7.16. The molecule has 2 heterocycles. The maximum absolute atomic E-state index is 6.00. The van der Waals surface area contributed by atoms with Gasteiger partial charge in [-0.1, -0.05) is 0 Å². The van der Waals surface area contributed by atoms with Crippen molar-refractivity contribution in [1.29, 1.82) is 0 Å². The van der Waals surface area contributed by atoms with E-state index in [0.717, 1.165) is 35.0 Å². The summed E-state index contributed by atoms with van der Waals surface area (Å²) in [5.41, 5.74) is 6.00. The summed E-state index contributed by atoms with van der Waals surface area (Å²) in [4.78, 5) is 12.5. The van der Waals surface area contributed by atoms with Crippen LogP contribution < -0.4 is 5.73 Å². The zero-order chi connectivity index (χ0) is 13.4. The second-order valence-electron chi connectivity index (χ2n) is 5.63. The van der Waals surface area contributed by atoms with Gasteiger partial charge in [-0.15, -0.1) is 11.3 Å². The standard InChI is InChI=1S/C14H20N4S/c1-9(2)18(7-10-3-4-10)8-12-16-13(15)11-5-6-19-14(11)17-12/h5-6,9-10H,3-4,7-8H2,1-2H3,(H2,15,16,17). The second kappa shape index (κ2) is 5.06. The molecule has 1 saturated carbocycles. The number of fused-ring (bicyclic) bond motifs is 1. The molecule has 1 fully saturated rings. The molecule has 0 aromatic carbocycles. The van der Waals surface area contributed by atoms with Crippen LogP contribution in [0, 0.1) is 5.92 Å². The van der Waals surface area contributed by atoms with E-state index < -0.39 is 0 Å². The minimum absolute atomic E-state index is 0.518. The molecule has 0 spiro atoms. The van der Waals surface area contributed by atoms with Crippen molar-refractivity contribution in [2.45, 2.75) is 39.3 Å². The van der Waals surface area contributed by atoms with Gasteiger partial charge in [0.1, 0.15) is 16.5 Å². The van der Waals surface area contributed by atoms with Gasteiger partial charge in [-0.3, -0.25) is 4.90 Å². The Hall–Kier alpha value is -1.20. The average molecular weight is 276 g/mol. The van der Waals surface area contributed by atoms with E-state index in [2.05, 4.69) is 28.7 Å². The number of nitrogens with zero attached hydrogens (tertiary/aromatic N) is 3. The van der Waals surface area contributed by atoms with E-state index in [4.69, 9.17) is 5.73 Å². The molecule has 5 heteroatoms. The molecule has 0 saturated heterocycles. The summed E-state index contributed by atoms with van der Waals surface area (Å²) in [5, 5.41) is 3.00. The van der Waals surface area contributed by atoms with Crippen molar-refractivity contribution in [3.8, 4) is 0 Å². The van der Waals surface area contributed by atoms with Gasteiger partial charge < -0.3 is 5.73 Å². The predicted molar refractivity (Wildman–Crippen MR) is 80.1 cm³/mol. The summed E-state index contributed by atoms with van der Waals surface area (Å²) in [6, 6.07) is 2.51. The van der Waals surface area contributed by atoms with Crippen LogP contribution in [0.3, 0.4) is 0 Å². The topological polar surface area (TPSA) is 55.0 Å². The van der Waals surface area contributed by atoms with Crippen molar-refractivity contribution in [2.24, 2.45) is 5.92 Å². The first-order valence-corrected chi connectivity index (χ1v) is 7.75. The number of rotatable bonds is 5. The first-order valence-electron chi connectivity index (χ1n) is 6.87. The molecule has 0 bridgehead atoms. The van der Waals surface area contributed by atoms with Gasteiger partial charge in [0, 0.05) is 12.6 Å². The summed E-state index contributed by atoms with van der Waals surface area (Å²) < 4.78 is 0. The molecule has 3 rings (SSSR count). The molecule has 0 amide bonds. The summed E-state index contributed by atoms with van der Waals surface area (Å²) >= 11 is 1.63. The lowest BCUT2D eigenvalue weighted by Crippen LogP contribution is -2.33. The molecule has 0 unspecified atom stereocenters. The molecule has 0 aliphatic heterocycles. The number of hydrogen-bond donors (Lipinski definition) is 1. The monoisotopic (exact) mass is 276 g/mol. The fraction of sp³-hybridized carbons (Fsp3) is 0.571. The van der Waals surface area contributed by atoms with Crippen LogP contribution in [0.15, 0.2) is 11.4 Å². The van der Waals surface area contributed by atoms with Crippen molar-refractivity contribution in [3.63, 3.8) is 0 Å². The number of hydrogen-bond acceptors (Lipinski definition) is 5. The Morgan fingerprint density at radius 2 is 2.21 bits per heavy atom. The smallest absolute Gasteiger partial charge is 0.146 e. The molecule has 0 atom stereocenters. The second-order valence-corrected chi connectivity index (χ2v) is 6.53. The Labute approximate surface area is 117 Å². The molecule has 2 N–H and O–H groups in total. The maximum Gasteiger partial charge on any atom is 0.146 e. The van der Waals surface area contributed by atoms with Crippen LogP contribution in [0.25, 0.3) is 10.2 Å². The fourth-order valence-corrected chi connectivity index (χ4v) is 3.06. The largest absolute Gasteiger partial charge is 0.383 e. The molecule has 1 aliphatic rings. The summed E-state index contributed by atoms with van der Waals surface area (Å²) in [6.07, 6.45) is 2.74. The van der Waals surface area contributed by atoms with Gasteiger partial charge >= 0.3 is 0 Å². The Morgan fingerprint density at radius 1 is 1.42 bits per heavy atom. The predicted octanol–water partition coefficient (Wildman–Crippen LogP) is 2.89. The first kappa shape index (κ1) is 12.8. The van der Waals surface area contributed by atoms with Gasteiger partial charge in [0.15, 0.2) is 0 Å². The van der Waals surface area contributed by atoms with Crippen LogP contribution in [0.5, 0.6) is 0 Å². The van der Waals surface area contributed by atoms with E-state index in [1.54, 1.807) is 11.3 Å². The van der Waals surface area contributed by atoms with Gasteiger partial charge in [0.05, 0.1) is 11.9 Å². The third kappa shape index (κ3) is 2.87. The first-order chi connectivity index (χ1) is 9.13. The Balaban J connectivity index is 1.81. The molecule has 4 nitrogen and oxygen atoms in total. The van der Waals surface area contributed by atoms with Crippen molar-refractivity contribution < 1.29 is 0 Å². The summed E-state index contributed by atoms with van der Waals surface area (Å²) in [7, 11) is 0. The van der Waals surface area contributed by atoms with Crippen LogP contribution in [0.4, 0.5) is 5.82 Å². The van der Waals surface area contributed by atoms with Crippen LogP contribution in [0.1, 0.15) is 32.5 Å². The Kier molecular flexibility index (Phi) is 3.41. The average Bonchev–Trinajstić information content (AvgIpc) is 3.03. The van der Waals surface area contributed by atoms with Gasteiger partial charge in [0.25, 0.3) is 0 Å². The molecule has 0 radical (unpaired) electrons. The van der Waals surface area contributed by atoms with Crippen LogP contribution in [0.2, 0.25) is 0 Å². The fourth-order valence-electron chi connectivity index (χ4n) is 2.27. The van der Waals surface area contributed by atoms with E-state index in [1.165, 1.54) is 12.8 Å². The molecule has 102 valence electrons. The number of nitrogens with two attached hydrogens (primary N) is 1. The van der Waals surface area contributed by atoms with Crippen molar-refractivity contribution >= 4 is 27.4 Å². The number of anilines is 1. The molecule has 2 aromatic rings. The van der Waals surface area contributed by atoms with Gasteiger partial charge in [0.2, 0.25) is 0 Å². The van der Waals surface area contributed by atoms with Crippen molar-refractivity contribution in [1.82, 2.24) is 14.9 Å². The quantitative estimate of drug-likeness (QED) is 0.912. The lowest BCUT2D eigenvalue weighted by atomic mass is 10.2. The minimum atomic E-state index is 0.518. The van der Waals surface area contributed by atoms with E-state index >= 15 is 0 Å². The lowest BCUT2D eigenvalue weighted by Gasteiger charge is -2.25. The Bertz CT molecular complexity index is 574. The van der Waals surface area contributed by atoms with E-state index in [1.807, 2.05) is 11.4 Å². The zero-order valence-electron chi connectivity index (χ0n) is 11.5. The van der Waals surface area contributed by atoms with Gasteiger partial charge in [-0.05, 0) is 44.1 Å². The van der Waals surface area contributed by atoms with Gasteiger partial charge in [-0.2, -0.15) is 0 Å². The van der Waals surface area contributed by atoms with Gasteiger partial charge in [-0.25, -0.2) is 9.97 Å². The highest BCUT2D eigenvalue weighted by Crippen LogP contribution is 2.31. The molecule has 1 aliphatic carbocycles. The third-order valence-electron chi connectivity index (χ3n) is 3.67. The highest BCUT2D eigenvalue weighted by Gasteiger charge is 2.26. The Morgan fingerprint density at radius 3 is 2.89 bits per heavy atom. The third-order valence-corrected chi connectivity index (χ3v) is 4.47. The summed E-state index contributed by atoms with van der Waals surface area (Å²) in [5.74, 6) is 2.34. The van der Waals surface area contributed by atoms with E-state index in [-0.39, 0.29) is 0 Å². The summed E-state index contributed by atoms with van der Waals surface area (Å²) in [6.45, 7) is 6.42. The van der Waals surface area contributed by atoms with Crippen LogP contribution in [-0.4, -0.2) is 27.5 Å². The van der Waals surface area contributed by atoms with E-state index in [9.17, 15) is 0 Å². The van der Waals surface area contributed by atoms with Crippen molar-refractivity contribution in [2.75, 3.05) is 12.3 Å². The number of aromatic nitrogens is 2. The van der Waals surface area contributed by atoms with E-state index in [0.29, 0.717) is 11.9 Å². The normalized spacial score (nSPS) is 15.8. The van der Waals surface area contributed by atoms with Crippen LogP contribution >= 0.6 is 11.3 Å². The number of nitrogen functional groups attached to an aromatic ring is 1.